The van der Waals surface area contributed by atoms with Crippen LogP contribution in [0.3, 0.4) is 0 Å². The molecule has 0 N–H and O–H groups in total. The standard InChI is InChI=1S/C13H11N5O/c1-8-9(2)19-13-10(5-14)3-4-11(12(8)13)6-18-16-7-15-17-18/h3-4,7H,6H2,1-2H3. The van der Waals surface area contributed by atoms with Gasteiger partial charge in [-0.1, -0.05) is 6.07 Å². The number of aromatic nitrogens is 4. The zero-order chi connectivity index (χ0) is 13.4. The number of furan rings is 1. The van der Waals surface area contributed by atoms with Crippen molar-refractivity contribution >= 4 is 11.0 Å². The van der Waals surface area contributed by atoms with Gasteiger partial charge < -0.3 is 4.42 Å². The minimum Gasteiger partial charge on any atom is -0.460 e. The quantitative estimate of drug-likeness (QED) is 0.697. The lowest BCUT2D eigenvalue weighted by Gasteiger charge is -2.03. The van der Waals surface area contributed by atoms with E-state index in [0.717, 1.165) is 22.3 Å². The van der Waals surface area contributed by atoms with Gasteiger partial charge in [0.15, 0.2) is 11.9 Å². The Morgan fingerprint density at radius 1 is 1.37 bits per heavy atom. The van der Waals surface area contributed by atoms with Gasteiger partial charge in [-0.15, -0.1) is 10.2 Å². The van der Waals surface area contributed by atoms with Gasteiger partial charge in [0, 0.05) is 5.39 Å². The number of hydrogen-bond donors (Lipinski definition) is 0. The third kappa shape index (κ3) is 1.76. The minimum atomic E-state index is 0.502. The number of fused-ring (bicyclic) bond motifs is 1. The lowest BCUT2D eigenvalue weighted by atomic mass is 10.0. The second-order valence-corrected chi connectivity index (χ2v) is 4.34. The molecule has 0 amide bonds. The molecule has 6 heteroatoms. The molecule has 0 spiro atoms. The molecular formula is C13H11N5O. The minimum absolute atomic E-state index is 0.502. The maximum atomic E-state index is 9.13. The third-order valence-electron chi connectivity index (χ3n) is 3.23. The van der Waals surface area contributed by atoms with Gasteiger partial charge in [-0.25, -0.2) is 0 Å². The molecular weight excluding hydrogens is 242 g/mol. The average Bonchev–Trinajstić information content (AvgIpc) is 3.00. The van der Waals surface area contributed by atoms with Crippen molar-refractivity contribution in [3.63, 3.8) is 0 Å². The van der Waals surface area contributed by atoms with E-state index in [1.54, 1.807) is 6.07 Å². The number of nitriles is 1. The van der Waals surface area contributed by atoms with E-state index in [-0.39, 0.29) is 0 Å². The van der Waals surface area contributed by atoms with E-state index in [1.165, 1.54) is 11.1 Å². The van der Waals surface area contributed by atoms with E-state index in [1.807, 2.05) is 19.9 Å². The van der Waals surface area contributed by atoms with Crippen molar-refractivity contribution in [3.05, 3.63) is 40.9 Å². The topological polar surface area (TPSA) is 80.5 Å². The molecule has 0 aliphatic carbocycles. The van der Waals surface area contributed by atoms with Gasteiger partial charge in [0.25, 0.3) is 0 Å². The maximum absolute atomic E-state index is 9.13. The van der Waals surface area contributed by atoms with E-state index in [2.05, 4.69) is 21.5 Å². The van der Waals surface area contributed by atoms with Crippen LogP contribution in [-0.2, 0) is 6.54 Å². The van der Waals surface area contributed by atoms with Crippen LogP contribution in [0.4, 0.5) is 0 Å². The molecule has 6 nitrogen and oxygen atoms in total. The molecule has 0 bridgehead atoms. The number of tetrazole rings is 1. The molecule has 0 aliphatic heterocycles. The van der Waals surface area contributed by atoms with Gasteiger partial charge in [0.05, 0.1) is 12.1 Å². The third-order valence-corrected chi connectivity index (χ3v) is 3.23. The lowest BCUT2D eigenvalue weighted by molar-refractivity contribution is 0.570. The molecule has 2 heterocycles. The van der Waals surface area contributed by atoms with Crippen molar-refractivity contribution < 1.29 is 4.42 Å². The van der Waals surface area contributed by atoms with Gasteiger partial charge in [0.1, 0.15) is 11.8 Å². The largest absolute Gasteiger partial charge is 0.460 e. The normalized spacial score (nSPS) is 10.8. The molecule has 1 aromatic carbocycles. The first-order valence-corrected chi connectivity index (χ1v) is 5.83. The van der Waals surface area contributed by atoms with Crippen LogP contribution in [0.25, 0.3) is 11.0 Å². The molecule has 19 heavy (non-hydrogen) atoms. The van der Waals surface area contributed by atoms with Gasteiger partial charge in [0.2, 0.25) is 0 Å². The van der Waals surface area contributed by atoms with E-state index >= 15 is 0 Å². The second-order valence-electron chi connectivity index (χ2n) is 4.34. The van der Waals surface area contributed by atoms with Crippen LogP contribution in [0, 0.1) is 25.2 Å². The number of aryl methyl sites for hydroxylation is 2. The molecule has 0 atom stereocenters. The van der Waals surface area contributed by atoms with Gasteiger partial charge in [-0.2, -0.15) is 10.1 Å². The monoisotopic (exact) mass is 253 g/mol. The summed E-state index contributed by atoms with van der Waals surface area (Å²) in [4.78, 5) is 1.50. The van der Waals surface area contributed by atoms with Crippen LogP contribution in [0.15, 0.2) is 22.9 Å². The fourth-order valence-corrected chi connectivity index (χ4v) is 2.18. The van der Waals surface area contributed by atoms with E-state index in [9.17, 15) is 0 Å². The van der Waals surface area contributed by atoms with E-state index in [0.29, 0.717) is 17.7 Å². The summed E-state index contributed by atoms with van der Waals surface area (Å²) in [7, 11) is 0. The number of benzene rings is 1. The lowest BCUT2D eigenvalue weighted by Crippen LogP contribution is -2.04. The number of rotatable bonds is 2. The van der Waals surface area contributed by atoms with Crippen molar-refractivity contribution in [1.29, 1.82) is 5.26 Å². The molecule has 3 aromatic rings. The molecule has 0 fully saturated rings. The van der Waals surface area contributed by atoms with Gasteiger partial charge >= 0.3 is 0 Å². The summed E-state index contributed by atoms with van der Waals surface area (Å²) in [6.45, 7) is 4.39. The Morgan fingerprint density at radius 2 is 2.21 bits per heavy atom. The van der Waals surface area contributed by atoms with Crippen LogP contribution < -0.4 is 0 Å². The van der Waals surface area contributed by atoms with Crippen molar-refractivity contribution in [1.82, 2.24) is 20.2 Å². The first-order chi connectivity index (χ1) is 9.20. The molecule has 94 valence electrons. The molecule has 0 saturated carbocycles. The van der Waals surface area contributed by atoms with Crippen LogP contribution in [0.5, 0.6) is 0 Å². The molecule has 2 aromatic heterocycles. The Hall–Kier alpha value is -2.68. The highest BCUT2D eigenvalue weighted by Crippen LogP contribution is 2.30. The van der Waals surface area contributed by atoms with Gasteiger partial charge in [-0.3, -0.25) is 0 Å². The molecule has 3 rings (SSSR count). The summed E-state index contributed by atoms with van der Waals surface area (Å²) in [5, 5.41) is 21.6. The van der Waals surface area contributed by atoms with Crippen molar-refractivity contribution in [3.8, 4) is 6.07 Å². The Bertz CT molecular complexity index is 780. The first-order valence-electron chi connectivity index (χ1n) is 5.83. The fraction of sp³-hybridized carbons (Fsp3) is 0.231. The van der Waals surface area contributed by atoms with Crippen LogP contribution in [0.2, 0.25) is 0 Å². The summed E-state index contributed by atoms with van der Waals surface area (Å²) in [5.41, 5.74) is 3.24. The predicted molar refractivity (Wildman–Crippen MR) is 67.3 cm³/mol. The van der Waals surface area contributed by atoms with Crippen LogP contribution in [0.1, 0.15) is 22.5 Å². The predicted octanol–water partition coefficient (Wildman–Crippen LogP) is 1.96. The average molecular weight is 253 g/mol. The summed E-state index contributed by atoms with van der Waals surface area (Å²) in [6.07, 6.45) is 1.40. The fourth-order valence-electron chi connectivity index (χ4n) is 2.18. The zero-order valence-electron chi connectivity index (χ0n) is 10.6. The van der Waals surface area contributed by atoms with Crippen molar-refractivity contribution in [2.45, 2.75) is 20.4 Å². The number of nitrogens with zero attached hydrogens (tertiary/aromatic N) is 5. The second kappa shape index (κ2) is 4.21. The molecule has 0 aliphatic rings. The molecule has 0 saturated heterocycles. The highest BCUT2D eigenvalue weighted by Gasteiger charge is 2.15. The van der Waals surface area contributed by atoms with Crippen molar-refractivity contribution in [2.75, 3.05) is 0 Å². The van der Waals surface area contributed by atoms with E-state index in [4.69, 9.17) is 9.68 Å². The Kier molecular flexibility index (Phi) is 2.53. The van der Waals surface area contributed by atoms with Crippen molar-refractivity contribution in [2.24, 2.45) is 0 Å². The summed E-state index contributed by atoms with van der Waals surface area (Å²) in [5.74, 6) is 0.825. The Balaban J connectivity index is 2.23. The number of hydrogen-bond acceptors (Lipinski definition) is 5. The van der Waals surface area contributed by atoms with E-state index < -0.39 is 0 Å². The summed E-state index contributed by atoms with van der Waals surface area (Å²) in [6, 6.07) is 5.82. The Morgan fingerprint density at radius 3 is 2.89 bits per heavy atom. The van der Waals surface area contributed by atoms with Crippen LogP contribution in [-0.4, -0.2) is 20.2 Å². The highest BCUT2D eigenvalue weighted by molar-refractivity contribution is 5.89. The SMILES string of the molecule is Cc1oc2c(C#N)ccc(Cn3ncnn3)c2c1C. The van der Waals surface area contributed by atoms with Gasteiger partial charge in [-0.05, 0) is 36.3 Å². The zero-order valence-corrected chi connectivity index (χ0v) is 10.6. The molecule has 0 radical (unpaired) electrons. The van der Waals surface area contributed by atoms with Crippen LogP contribution >= 0.6 is 0 Å². The Labute approximate surface area is 109 Å². The maximum Gasteiger partial charge on any atom is 0.162 e. The smallest absolute Gasteiger partial charge is 0.162 e. The highest BCUT2D eigenvalue weighted by atomic mass is 16.3. The summed E-state index contributed by atoms with van der Waals surface area (Å²) < 4.78 is 5.69. The summed E-state index contributed by atoms with van der Waals surface area (Å²) >= 11 is 0. The molecule has 0 unspecified atom stereocenters. The first kappa shape index (κ1) is 11.4.